The Kier molecular flexibility index (Phi) is 4.76. The van der Waals surface area contributed by atoms with Crippen LogP contribution in [-0.4, -0.2) is 36.5 Å². The smallest absolute Gasteiger partial charge is 0.396 e. The van der Waals surface area contributed by atoms with E-state index in [0.29, 0.717) is 30.3 Å². The lowest BCUT2D eigenvalue weighted by molar-refractivity contribution is 0.0556. The third-order valence-electron chi connectivity index (χ3n) is 2.58. The van der Waals surface area contributed by atoms with Gasteiger partial charge in [-0.25, -0.2) is 4.79 Å². The molecule has 0 saturated heterocycles. The summed E-state index contributed by atoms with van der Waals surface area (Å²) in [6.07, 6.45) is 0. The van der Waals surface area contributed by atoms with Crippen LogP contribution >= 0.6 is 0 Å². The Hall–Kier alpha value is -2.57. The lowest BCUT2D eigenvalue weighted by Crippen LogP contribution is -2.00. The molecule has 0 fully saturated rings. The molecule has 0 aliphatic rings. The number of hydrogen-bond donors (Lipinski definition) is 0. The first-order chi connectivity index (χ1) is 10.2. The highest BCUT2D eigenvalue weighted by Crippen LogP contribution is 2.32. The molecular weight excluding hydrogens is 276 g/mol. The van der Waals surface area contributed by atoms with Gasteiger partial charge in [-0.05, 0) is 32.0 Å². The highest BCUT2D eigenvalue weighted by atomic mass is 16.5. The molecule has 112 valence electrons. The maximum Gasteiger partial charge on any atom is 0.396 e. The van der Waals surface area contributed by atoms with Crippen molar-refractivity contribution in [2.45, 2.75) is 13.8 Å². The Bertz CT molecular complexity index is 624. The van der Waals surface area contributed by atoms with E-state index in [-0.39, 0.29) is 11.8 Å². The summed E-state index contributed by atoms with van der Waals surface area (Å²) in [5.41, 5.74) is 0.629. The molecular formula is C14H16N2O5. The normalized spacial score (nSPS) is 10.2. The van der Waals surface area contributed by atoms with Gasteiger partial charge in [-0.3, -0.25) is 0 Å². The van der Waals surface area contributed by atoms with Crippen molar-refractivity contribution in [3.05, 3.63) is 24.1 Å². The van der Waals surface area contributed by atoms with E-state index in [0.717, 1.165) is 0 Å². The van der Waals surface area contributed by atoms with E-state index in [9.17, 15) is 4.79 Å². The molecule has 0 saturated carbocycles. The number of carbonyl (C=O) groups is 1. The zero-order valence-corrected chi connectivity index (χ0v) is 12.1. The molecule has 0 aliphatic carbocycles. The number of aromatic nitrogens is 2. The maximum atomic E-state index is 11.3. The zero-order chi connectivity index (χ0) is 15.2. The zero-order valence-electron chi connectivity index (χ0n) is 12.1. The van der Waals surface area contributed by atoms with E-state index in [1.165, 1.54) is 7.11 Å². The van der Waals surface area contributed by atoms with E-state index >= 15 is 0 Å². The van der Waals surface area contributed by atoms with Crippen LogP contribution in [0, 0.1) is 0 Å². The molecule has 0 spiro atoms. The first-order valence-corrected chi connectivity index (χ1v) is 6.51. The minimum atomic E-state index is -0.676. The number of carbonyl (C=O) groups excluding carboxylic acids is 1. The summed E-state index contributed by atoms with van der Waals surface area (Å²) in [5, 5.41) is 7.45. The molecule has 0 N–H and O–H groups in total. The third kappa shape index (κ3) is 3.31. The summed E-state index contributed by atoms with van der Waals surface area (Å²) < 4.78 is 20.8. The van der Waals surface area contributed by atoms with Crippen LogP contribution in [0.5, 0.6) is 11.5 Å². The second-order valence-corrected chi connectivity index (χ2v) is 3.93. The fourth-order valence-corrected chi connectivity index (χ4v) is 1.69. The first-order valence-electron chi connectivity index (χ1n) is 6.51. The molecule has 0 atom stereocenters. The number of benzene rings is 1. The summed E-state index contributed by atoms with van der Waals surface area (Å²) >= 11 is 0. The summed E-state index contributed by atoms with van der Waals surface area (Å²) in [7, 11) is 1.25. The van der Waals surface area contributed by atoms with Gasteiger partial charge in [0.15, 0.2) is 11.5 Å². The van der Waals surface area contributed by atoms with Crippen LogP contribution < -0.4 is 9.47 Å². The Morgan fingerprint density at radius 2 is 1.86 bits per heavy atom. The topological polar surface area (TPSA) is 83.7 Å². The van der Waals surface area contributed by atoms with Crippen molar-refractivity contribution in [2.75, 3.05) is 20.3 Å². The lowest BCUT2D eigenvalue weighted by atomic mass is 10.2. The fourth-order valence-electron chi connectivity index (χ4n) is 1.69. The SMILES string of the molecule is CCOc1ccc(-c2nnc(C(=O)OC)o2)cc1OCC. The molecule has 0 amide bonds. The number of hydrogen-bond acceptors (Lipinski definition) is 7. The van der Waals surface area contributed by atoms with Crippen LogP contribution in [0.1, 0.15) is 24.5 Å². The van der Waals surface area contributed by atoms with Crippen molar-refractivity contribution in [3.63, 3.8) is 0 Å². The summed E-state index contributed by atoms with van der Waals surface area (Å²) in [4.78, 5) is 11.3. The number of rotatable bonds is 6. The van der Waals surface area contributed by atoms with E-state index in [4.69, 9.17) is 13.9 Å². The number of ether oxygens (including phenoxy) is 3. The van der Waals surface area contributed by atoms with Crippen molar-refractivity contribution < 1.29 is 23.4 Å². The van der Waals surface area contributed by atoms with Gasteiger partial charge in [-0.1, -0.05) is 0 Å². The second kappa shape index (κ2) is 6.74. The summed E-state index contributed by atoms with van der Waals surface area (Å²) in [5.74, 6) is 0.550. The molecule has 21 heavy (non-hydrogen) atoms. The standard InChI is InChI=1S/C14H16N2O5/c1-4-19-10-7-6-9(8-11(10)20-5-2)12-15-16-13(21-12)14(17)18-3/h6-8H,4-5H2,1-3H3. The highest BCUT2D eigenvalue weighted by molar-refractivity contribution is 5.84. The van der Waals surface area contributed by atoms with Crippen molar-refractivity contribution in [2.24, 2.45) is 0 Å². The average molecular weight is 292 g/mol. The number of nitrogens with zero attached hydrogens (tertiary/aromatic N) is 2. The van der Waals surface area contributed by atoms with Gasteiger partial charge in [0.25, 0.3) is 0 Å². The van der Waals surface area contributed by atoms with Crippen LogP contribution in [0.25, 0.3) is 11.5 Å². The number of methoxy groups -OCH3 is 1. The molecule has 7 nitrogen and oxygen atoms in total. The Morgan fingerprint density at radius 1 is 1.14 bits per heavy atom. The molecule has 0 radical (unpaired) electrons. The molecule has 0 unspecified atom stereocenters. The Balaban J connectivity index is 2.33. The third-order valence-corrected chi connectivity index (χ3v) is 2.58. The van der Waals surface area contributed by atoms with Crippen LogP contribution in [0.15, 0.2) is 22.6 Å². The van der Waals surface area contributed by atoms with Gasteiger partial charge >= 0.3 is 11.9 Å². The van der Waals surface area contributed by atoms with Gasteiger partial charge in [0.2, 0.25) is 5.89 Å². The minimum Gasteiger partial charge on any atom is -0.490 e. The van der Waals surface area contributed by atoms with Gasteiger partial charge in [0, 0.05) is 5.56 Å². The van der Waals surface area contributed by atoms with Gasteiger partial charge in [-0.2, -0.15) is 0 Å². The van der Waals surface area contributed by atoms with Gasteiger partial charge in [0.05, 0.1) is 20.3 Å². The van der Waals surface area contributed by atoms with E-state index in [2.05, 4.69) is 14.9 Å². The Morgan fingerprint density at radius 3 is 2.52 bits per heavy atom. The second-order valence-electron chi connectivity index (χ2n) is 3.93. The molecule has 1 aromatic heterocycles. The fraction of sp³-hybridized carbons (Fsp3) is 0.357. The van der Waals surface area contributed by atoms with Gasteiger partial charge in [0.1, 0.15) is 0 Å². The van der Waals surface area contributed by atoms with Crippen molar-refractivity contribution in [3.8, 4) is 23.0 Å². The summed E-state index contributed by atoms with van der Waals surface area (Å²) in [6, 6.07) is 5.23. The molecule has 0 aliphatic heterocycles. The van der Waals surface area contributed by atoms with Crippen molar-refractivity contribution in [1.82, 2.24) is 10.2 Å². The summed E-state index contributed by atoms with van der Waals surface area (Å²) in [6.45, 7) is 4.81. The Labute approximate surface area is 121 Å². The van der Waals surface area contributed by atoms with Crippen molar-refractivity contribution >= 4 is 5.97 Å². The lowest BCUT2D eigenvalue weighted by Gasteiger charge is -2.11. The maximum absolute atomic E-state index is 11.3. The van der Waals surface area contributed by atoms with Crippen LogP contribution in [0.3, 0.4) is 0 Å². The monoisotopic (exact) mass is 292 g/mol. The van der Waals surface area contributed by atoms with Gasteiger partial charge < -0.3 is 18.6 Å². The molecule has 2 aromatic rings. The predicted molar refractivity (Wildman–Crippen MR) is 73.4 cm³/mol. The van der Waals surface area contributed by atoms with E-state index in [1.807, 2.05) is 13.8 Å². The van der Waals surface area contributed by atoms with E-state index in [1.54, 1.807) is 18.2 Å². The van der Waals surface area contributed by atoms with Crippen LogP contribution in [0.2, 0.25) is 0 Å². The molecule has 1 aromatic carbocycles. The number of esters is 1. The van der Waals surface area contributed by atoms with Crippen LogP contribution in [-0.2, 0) is 4.74 Å². The predicted octanol–water partition coefficient (Wildman–Crippen LogP) is 2.32. The average Bonchev–Trinajstić information content (AvgIpc) is 2.98. The molecule has 1 heterocycles. The molecule has 7 heteroatoms. The highest BCUT2D eigenvalue weighted by Gasteiger charge is 2.17. The van der Waals surface area contributed by atoms with E-state index < -0.39 is 5.97 Å². The first kappa shape index (κ1) is 14.8. The van der Waals surface area contributed by atoms with Gasteiger partial charge in [-0.15, -0.1) is 10.2 Å². The van der Waals surface area contributed by atoms with Crippen molar-refractivity contribution in [1.29, 1.82) is 0 Å². The molecule has 0 bridgehead atoms. The largest absolute Gasteiger partial charge is 0.490 e. The minimum absolute atomic E-state index is 0.195. The van der Waals surface area contributed by atoms with Crippen LogP contribution in [0.4, 0.5) is 0 Å². The molecule has 2 rings (SSSR count). The quantitative estimate of drug-likeness (QED) is 0.755.